The molecule has 0 radical (unpaired) electrons. The molecule has 26 heavy (non-hydrogen) atoms. The number of ether oxygens (including phenoxy) is 1. The Morgan fingerprint density at radius 2 is 1.69 bits per heavy atom. The summed E-state index contributed by atoms with van der Waals surface area (Å²) in [6.07, 6.45) is 1.48. The Bertz CT molecular complexity index is 635. The number of benzene rings is 2. The number of unbranched alkanes of at least 4 members (excludes halogenated alkanes) is 1. The zero-order chi connectivity index (χ0) is 17.9. The predicted octanol–water partition coefficient (Wildman–Crippen LogP) is 3.95. The van der Waals surface area contributed by atoms with Crippen LogP contribution in [0.15, 0.2) is 54.6 Å². The minimum atomic E-state index is -0.765. The minimum absolute atomic E-state index is 0. The lowest BCUT2D eigenvalue weighted by molar-refractivity contribution is 0.0285. The van der Waals surface area contributed by atoms with Gasteiger partial charge in [0, 0.05) is 24.5 Å². The van der Waals surface area contributed by atoms with E-state index >= 15 is 0 Å². The van der Waals surface area contributed by atoms with Gasteiger partial charge in [-0.2, -0.15) is 0 Å². The van der Waals surface area contributed by atoms with Crippen molar-refractivity contribution in [1.82, 2.24) is 0 Å². The summed E-state index contributed by atoms with van der Waals surface area (Å²) in [6, 6.07) is 16.7. The number of hydrogen-bond acceptors (Lipinski definition) is 5. The van der Waals surface area contributed by atoms with Crippen LogP contribution in [-0.4, -0.2) is 36.9 Å². The molecule has 0 amide bonds. The quantitative estimate of drug-likeness (QED) is 0.431. The van der Waals surface area contributed by atoms with Gasteiger partial charge in [-0.1, -0.05) is 31.5 Å². The number of aliphatic hydroxyl groups is 1. The third-order valence-electron chi connectivity index (χ3n) is 3.70. The average Bonchev–Trinajstić information content (AvgIpc) is 2.66. The fraction of sp³-hybridized carbons (Fsp3) is 0.350. The van der Waals surface area contributed by atoms with Gasteiger partial charge in [-0.15, -0.1) is 12.4 Å². The van der Waals surface area contributed by atoms with E-state index in [9.17, 15) is 9.90 Å². The molecular weight excluding hydrogens is 352 g/mol. The maximum absolute atomic E-state index is 12.0. The summed E-state index contributed by atoms with van der Waals surface area (Å²) in [4.78, 5) is 12.0. The zero-order valence-electron chi connectivity index (χ0n) is 15.0. The van der Waals surface area contributed by atoms with Gasteiger partial charge in [-0.3, -0.25) is 0 Å². The van der Waals surface area contributed by atoms with Crippen LogP contribution in [0, 0.1) is 0 Å². The molecule has 0 saturated carbocycles. The molecule has 142 valence electrons. The van der Waals surface area contributed by atoms with Gasteiger partial charge < -0.3 is 20.5 Å². The van der Waals surface area contributed by atoms with Crippen LogP contribution in [0.3, 0.4) is 0 Å². The van der Waals surface area contributed by atoms with Crippen LogP contribution in [0.5, 0.6) is 0 Å². The first-order chi connectivity index (χ1) is 12.2. The van der Waals surface area contributed by atoms with Crippen LogP contribution in [0.25, 0.3) is 0 Å². The molecule has 0 aliphatic heterocycles. The van der Waals surface area contributed by atoms with E-state index in [1.807, 2.05) is 42.5 Å². The van der Waals surface area contributed by atoms with Crippen molar-refractivity contribution in [2.45, 2.75) is 25.9 Å². The van der Waals surface area contributed by atoms with E-state index in [0.29, 0.717) is 12.1 Å². The Hall–Kier alpha value is -2.24. The van der Waals surface area contributed by atoms with Crippen LogP contribution in [0.4, 0.5) is 11.4 Å². The Kier molecular flexibility index (Phi) is 10.2. The molecule has 5 nitrogen and oxygen atoms in total. The van der Waals surface area contributed by atoms with Gasteiger partial charge in [-0.05, 0) is 42.8 Å². The van der Waals surface area contributed by atoms with Gasteiger partial charge in [0.25, 0.3) is 0 Å². The lowest BCUT2D eigenvalue weighted by atomic mass is 10.2. The van der Waals surface area contributed by atoms with Gasteiger partial charge in [-0.25, -0.2) is 4.79 Å². The fourth-order valence-corrected chi connectivity index (χ4v) is 2.24. The molecule has 2 rings (SSSR count). The Balaban J connectivity index is 0.00000338. The van der Waals surface area contributed by atoms with Crippen LogP contribution in [0.2, 0.25) is 0 Å². The molecule has 6 heteroatoms. The highest BCUT2D eigenvalue weighted by atomic mass is 35.5. The normalized spacial score (nSPS) is 11.2. The fourth-order valence-electron chi connectivity index (χ4n) is 2.24. The first-order valence-electron chi connectivity index (χ1n) is 8.67. The third kappa shape index (κ3) is 7.76. The second-order valence-electron chi connectivity index (χ2n) is 5.86. The maximum atomic E-state index is 12.0. The van der Waals surface area contributed by atoms with Crippen molar-refractivity contribution in [2.24, 2.45) is 0 Å². The summed E-state index contributed by atoms with van der Waals surface area (Å²) in [5.41, 5.74) is 2.38. The number of aliphatic hydroxyl groups excluding tert-OH is 1. The number of nitrogens with one attached hydrogen (secondary N) is 2. The number of hydrogen-bond donors (Lipinski definition) is 3. The molecule has 0 saturated heterocycles. The number of anilines is 2. The van der Waals surface area contributed by atoms with Gasteiger partial charge in [0.1, 0.15) is 12.7 Å². The van der Waals surface area contributed by atoms with Crippen LogP contribution in [-0.2, 0) is 4.74 Å². The molecule has 1 unspecified atom stereocenters. The molecule has 2 aromatic carbocycles. The van der Waals surface area contributed by atoms with Crippen molar-refractivity contribution in [1.29, 1.82) is 0 Å². The number of carbonyl (C=O) groups excluding carboxylic acids is 1. The zero-order valence-corrected chi connectivity index (χ0v) is 15.8. The standard InChI is InChI=1S/C20H26N2O3.ClH/c1-2-3-13-21-18-11-9-16(10-12-18)20(24)25-15-19(23)14-22-17-7-5-4-6-8-17;/h4-12,19,21-23H,2-3,13-15H2,1H3;1H. The molecule has 0 fully saturated rings. The topological polar surface area (TPSA) is 70.6 Å². The summed E-state index contributed by atoms with van der Waals surface area (Å²) >= 11 is 0. The Morgan fingerprint density at radius 3 is 2.35 bits per heavy atom. The minimum Gasteiger partial charge on any atom is -0.459 e. The smallest absolute Gasteiger partial charge is 0.338 e. The predicted molar refractivity (Wildman–Crippen MR) is 108 cm³/mol. The van der Waals surface area contributed by atoms with Gasteiger partial charge in [0.15, 0.2) is 0 Å². The first kappa shape index (κ1) is 21.8. The molecule has 0 aliphatic carbocycles. The van der Waals surface area contributed by atoms with Crippen molar-refractivity contribution in [3.8, 4) is 0 Å². The number of para-hydroxylation sites is 1. The number of carbonyl (C=O) groups is 1. The number of esters is 1. The lowest BCUT2D eigenvalue weighted by Gasteiger charge is -2.13. The van der Waals surface area contributed by atoms with Crippen molar-refractivity contribution in [2.75, 3.05) is 30.3 Å². The molecule has 0 bridgehead atoms. The van der Waals surface area contributed by atoms with E-state index in [2.05, 4.69) is 17.6 Å². The Labute approximate surface area is 161 Å². The second kappa shape index (κ2) is 12.2. The number of halogens is 1. The summed E-state index contributed by atoms with van der Waals surface area (Å²) in [6.45, 7) is 3.33. The van der Waals surface area contributed by atoms with E-state index in [-0.39, 0.29) is 19.0 Å². The largest absolute Gasteiger partial charge is 0.459 e. The highest BCUT2D eigenvalue weighted by molar-refractivity contribution is 5.89. The summed E-state index contributed by atoms with van der Waals surface area (Å²) < 4.78 is 5.17. The monoisotopic (exact) mass is 378 g/mol. The first-order valence-corrected chi connectivity index (χ1v) is 8.67. The Morgan fingerprint density at radius 1 is 1.04 bits per heavy atom. The van der Waals surface area contributed by atoms with Crippen molar-refractivity contribution >= 4 is 29.8 Å². The van der Waals surface area contributed by atoms with Crippen LogP contribution in [0.1, 0.15) is 30.1 Å². The van der Waals surface area contributed by atoms with E-state index in [1.54, 1.807) is 12.1 Å². The van der Waals surface area contributed by atoms with Crippen molar-refractivity contribution < 1.29 is 14.6 Å². The molecule has 2 aromatic rings. The van der Waals surface area contributed by atoms with Crippen LogP contribution < -0.4 is 10.6 Å². The molecular formula is C20H27ClN2O3. The molecule has 0 aromatic heterocycles. The maximum Gasteiger partial charge on any atom is 0.338 e. The van der Waals surface area contributed by atoms with E-state index in [4.69, 9.17) is 4.74 Å². The van der Waals surface area contributed by atoms with Crippen molar-refractivity contribution in [3.63, 3.8) is 0 Å². The number of rotatable bonds is 10. The second-order valence-corrected chi connectivity index (χ2v) is 5.86. The van der Waals surface area contributed by atoms with E-state index in [1.165, 1.54) is 0 Å². The van der Waals surface area contributed by atoms with E-state index in [0.717, 1.165) is 30.8 Å². The molecule has 0 spiro atoms. The lowest BCUT2D eigenvalue weighted by Crippen LogP contribution is -2.26. The van der Waals surface area contributed by atoms with Gasteiger partial charge in [0.2, 0.25) is 0 Å². The summed E-state index contributed by atoms with van der Waals surface area (Å²) in [7, 11) is 0. The SMILES string of the molecule is CCCCNc1ccc(C(=O)OCC(O)CNc2ccccc2)cc1.Cl. The highest BCUT2D eigenvalue weighted by Gasteiger charge is 2.11. The summed E-state index contributed by atoms with van der Waals surface area (Å²) in [5, 5.41) is 16.3. The third-order valence-corrected chi connectivity index (χ3v) is 3.70. The van der Waals surface area contributed by atoms with Crippen molar-refractivity contribution in [3.05, 3.63) is 60.2 Å². The van der Waals surface area contributed by atoms with E-state index < -0.39 is 12.1 Å². The highest BCUT2D eigenvalue weighted by Crippen LogP contribution is 2.11. The molecule has 0 heterocycles. The average molecular weight is 379 g/mol. The molecule has 3 N–H and O–H groups in total. The summed E-state index contributed by atoms with van der Waals surface area (Å²) in [5.74, 6) is -0.432. The van der Waals surface area contributed by atoms with Gasteiger partial charge >= 0.3 is 5.97 Å². The van der Waals surface area contributed by atoms with Crippen LogP contribution >= 0.6 is 12.4 Å². The van der Waals surface area contributed by atoms with Gasteiger partial charge in [0.05, 0.1) is 5.56 Å². The molecule has 0 aliphatic rings. The molecule has 1 atom stereocenters.